The van der Waals surface area contributed by atoms with Crippen molar-refractivity contribution in [1.29, 1.82) is 0 Å². The van der Waals surface area contributed by atoms with Crippen molar-refractivity contribution < 1.29 is 4.79 Å². The Morgan fingerprint density at radius 3 is 2.61 bits per heavy atom. The van der Waals surface area contributed by atoms with Crippen LogP contribution in [-0.4, -0.2) is 33.0 Å². The Kier molecular flexibility index (Phi) is 5.98. The Hall–Kier alpha value is -2.31. The number of aromatic nitrogens is 3. The first-order chi connectivity index (χ1) is 13.7. The summed E-state index contributed by atoms with van der Waals surface area (Å²) in [5.41, 5.74) is 1.97. The van der Waals surface area contributed by atoms with Gasteiger partial charge in [0.15, 0.2) is 11.0 Å². The first-order valence-electron chi connectivity index (χ1n) is 9.32. The molecule has 2 aromatic carbocycles. The van der Waals surface area contributed by atoms with Gasteiger partial charge in [-0.3, -0.25) is 9.36 Å². The number of benzene rings is 2. The van der Waals surface area contributed by atoms with Crippen molar-refractivity contribution >= 4 is 29.3 Å². The van der Waals surface area contributed by atoms with Gasteiger partial charge in [0.1, 0.15) is 0 Å². The fourth-order valence-corrected chi connectivity index (χ4v) is 3.90. The zero-order chi connectivity index (χ0) is 19.3. The first-order valence-corrected chi connectivity index (χ1v) is 10.7. The lowest BCUT2D eigenvalue weighted by Crippen LogP contribution is -2.27. The van der Waals surface area contributed by atoms with Gasteiger partial charge in [0.05, 0.1) is 17.3 Å². The molecule has 1 N–H and O–H groups in total. The Balaban J connectivity index is 1.56. The van der Waals surface area contributed by atoms with Crippen LogP contribution in [0.25, 0.3) is 11.4 Å². The van der Waals surface area contributed by atoms with Gasteiger partial charge >= 0.3 is 0 Å². The van der Waals surface area contributed by atoms with E-state index in [0.717, 1.165) is 17.7 Å². The van der Waals surface area contributed by atoms with Crippen LogP contribution < -0.4 is 5.32 Å². The van der Waals surface area contributed by atoms with E-state index >= 15 is 0 Å². The van der Waals surface area contributed by atoms with E-state index in [0.29, 0.717) is 34.2 Å². The SMILES string of the molecule is O=C(CSc1nnc(-c2ccccc2Cl)n1Cc1ccccc1)NCC1CC1. The maximum Gasteiger partial charge on any atom is 0.230 e. The number of hydrogen-bond donors (Lipinski definition) is 1. The molecule has 1 aromatic heterocycles. The molecule has 1 aliphatic rings. The summed E-state index contributed by atoms with van der Waals surface area (Å²) in [6.45, 7) is 1.39. The molecule has 7 heteroatoms. The van der Waals surface area contributed by atoms with E-state index < -0.39 is 0 Å². The molecule has 1 fully saturated rings. The number of carbonyl (C=O) groups excluding carboxylic acids is 1. The van der Waals surface area contributed by atoms with E-state index in [1.54, 1.807) is 0 Å². The van der Waals surface area contributed by atoms with Crippen molar-refractivity contribution in [3.05, 3.63) is 65.2 Å². The fourth-order valence-electron chi connectivity index (χ4n) is 2.91. The quantitative estimate of drug-likeness (QED) is 0.561. The van der Waals surface area contributed by atoms with E-state index in [-0.39, 0.29) is 5.91 Å². The van der Waals surface area contributed by atoms with Crippen molar-refractivity contribution in [3.63, 3.8) is 0 Å². The highest BCUT2D eigenvalue weighted by Gasteiger charge is 2.22. The molecule has 0 spiro atoms. The zero-order valence-corrected chi connectivity index (χ0v) is 16.9. The van der Waals surface area contributed by atoms with Gasteiger partial charge in [-0.2, -0.15) is 0 Å². The van der Waals surface area contributed by atoms with Crippen molar-refractivity contribution in [2.24, 2.45) is 5.92 Å². The Morgan fingerprint density at radius 1 is 1.11 bits per heavy atom. The number of nitrogens with zero attached hydrogens (tertiary/aromatic N) is 3. The number of rotatable bonds is 8. The van der Waals surface area contributed by atoms with Crippen LogP contribution in [0.15, 0.2) is 59.8 Å². The molecule has 0 unspecified atom stereocenters. The van der Waals surface area contributed by atoms with Gasteiger partial charge in [-0.15, -0.1) is 10.2 Å². The third-order valence-electron chi connectivity index (χ3n) is 4.63. The van der Waals surface area contributed by atoms with Gasteiger partial charge in [-0.05, 0) is 36.5 Å². The standard InChI is InChI=1S/C21H21ClN4OS/c22-18-9-5-4-8-17(18)20-24-25-21(26(20)13-16-6-2-1-3-7-16)28-14-19(27)23-12-15-10-11-15/h1-9,15H,10-14H2,(H,23,27). The summed E-state index contributed by atoms with van der Waals surface area (Å²) in [5.74, 6) is 1.73. The molecule has 1 heterocycles. The van der Waals surface area contributed by atoms with Crippen LogP contribution in [0.5, 0.6) is 0 Å². The highest BCUT2D eigenvalue weighted by atomic mass is 35.5. The lowest BCUT2D eigenvalue weighted by molar-refractivity contribution is -0.118. The topological polar surface area (TPSA) is 59.8 Å². The normalized spacial score (nSPS) is 13.5. The second kappa shape index (κ2) is 8.80. The molecule has 1 aliphatic carbocycles. The minimum absolute atomic E-state index is 0.0328. The summed E-state index contributed by atoms with van der Waals surface area (Å²) >= 11 is 7.80. The molecule has 1 saturated carbocycles. The van der Waals surface area contributed by atoms with Crippen molar-refractivity contribution in [2.75, 3.05) is 12.3 Å². The van der Waals surface area contributed by atoms with E-state index in [1.165, 1.54) is 24.6 Å². The first kappa shape index (κ1) is 19.0. The van der Waals surface area contributed by atoms with E-state index in [1.807, 2.05) is 47.0 Å². The van der Waals surface area contributed by atoms with Gasteiger partial charge in [0.2, 0.25) is 5.91 Å². The van der Waals surface area contributed by atoms with E-state index in [2.05, 4.69) is 27.6 Å². The molecule has 1 amide bonds. The predicted molar refractivity (Wildman–Crippen MR) is 112 cm³/mol. The highest BCUT2D eigenvalue weighted by molar-refractivity contribution is 7.99. The average Bonchev–Trinajstić information content (AvgIpc) is 3.47. The number of thioether (sulfide) groups is 1. The van der Waals surface area contributed by atoms with Crippen LogP contribution >= 0.6 is 23.4 Å². The lowest BCUT2D eigenvalue weighted by Gasteiger charge is -2.11. The minimum atomic E-state index is 0.0328. The number of halogens is 1. The van der Waals surface area contributed by atoms with E-state index in [4.69, 9.17) is 11.6 Å². The summed E-state index contributed by atoms with van der Waals surface area (Å²) in [4.78, 5) is 12.1. The minimum Gasteiger partial charge on any atom is -0.355 e. The summed E-state index contributed by atoms with van der Waals surface area (Å²) in [5, 5.41) is 13.1. The summed E-state index contributed by atoms with van der Waals surface area (Å²) in [7, 11) is 0. The molecule has 5 nitrogen and oxygen atoms in total. The molecular weight excluding hydrogens is 392 g/mol. The molecule has 28 heavy (non-hydrogen) atoms. The smallest absolute Gasteiger partial charge is 0.230 e. The lowest BCUT2D eigenvalue weighted by atomic mass is 10.2. The largest absolute Gasteiger partial charge is 0.355 e. The van der Waals surface area contributed by atoms with Crippen molar-refractivity contribution in [3.8, 4) is 11.4 Å². The molecule has 0 radical (unpaired) electrons. The predicted octanol–water partition coefficient (Wildman–Crippen LogP) is 4.27. The monoisotopic (exact) mass is 412 g/mol. The number of nitrogens with one attached hydrogen (secondary N) is 1. The summed E-state index contributed by atoms with van der Waals surface area (Å²) < 4.78 is 2.02. The van der Waals surface area contributed by atoms with Gasteiger partial charge in [0, 0.05) is 12.1 Å². The molecule has 3 aromatic rings. The Bertz CT molecular complexity index is 956. The zero-order valence-electron chi connectivity index (χ0n) is 15.3. The number of hydrogen-bond acceptors (Lipinski definition) is 4. The molecule has 0 aliphatic heterocycles. The third kappa shape index (κ3) is 4.75. The summed E-state index contributed by atoms with van der Waals surface area (Å²) in [6, 6.07) is 17.7. The molecular formula is C21H21ClN4OS. The molecule has 0 bridgehead atoms. The van der Waals surface area contributed by atoms with Crippen LogP contribution in [0.4, 0.5) is 0 Å². The maximum atomic E-state index is 12.1. The highest BCUT2D eigenvalue weighted by Crippen LogP contribution is 2.30. The van der Waals surface area contributed by atoms with Crippen LogP contribution in [0.3, 0.4) is 0 Å². The number of amides is 1. The van der Waals surface area contributed by atoms with Gasteiger partial charge < -0.3 is 5.32 Å². The third-order valence-corrected chi connectivity index (χ3v) is 5.93. The average molecular weight is 413 g/mol. The summed E-state index contributed by atoms with van der Waals surface area (Å²) in [6.07, 6.45) is 2.44. The Morgan fingerprint density at radius 2 is 1.86 bits per heavy atom. The molecule has 144 valence electrons. The van der Waals surface area contributed by atoms with Crippen molar-refractivity contribution in [1.82, 2.24) is 20.1 Å². The van der Waals surface area contributed by atoms with Crippen molar-refractivity contribution in [2.45, 2.75) is 24.5 Å². The van der Waals surface area contributed by atoms with Crippen LogP contribution in [0, 0.1) is 5.92 Å². The van der Waals surface area contributed by atoms with E-state index in [9.17, 15) is 4.79 Å². The second-order valence-corrected chi connectivity index (χ2v) is 8.24. The van der Waals surface area contributed by atoms with Crippen LogP contribution in [0.2, 0.25) is 5.02 Å². The molecule has 4 rings (SSSR count). The van der Waals surface area contributed by atoms with Gasteiger partial charge in [-0.25, -0.2) is 0 Å². The molecule has 0 saturated heterocycles. The maximum absolute atomic E-state index is 12.1. The van der Waals surface area contributed by atoms with Crippen LogP contribution in [-0.2, 0) is 11.3 Å². The molecule has 0 atom stereocenters. The fraction of sp³-hybridized carbons (Fsp3) is 0.286. The number of carbonyl (C=O) groups is 1. The van der Waals surface area contributed by atoms with Crippen LogP contribution in [0.1, 0.15) is 18.4 Å². The van der Waals surface area contributed by atoms with Gasteiger partial charge in [0.25, 0.3) is 0 Å². The Labute approximate surface area is 173 Å². The second-order valence-electron chi connectivity index (χ2n) is 6.89. The van der Waals surface area contributed by atoms with Gasteiger partial charge in [-0.1, -0.05) is 65.8 Å².